The zero-order valence-electron chi connectivity index (χ0n) is 17.4. The number of aliphatic imine (C=N–C) groups is 1. The van der Waals surface area contributed by atoms with Gasteiger partial charge in [-0.2, -0.15) is 5.10 Å². The van der Waals surface area contributed by atoms with Crippen molar-refractivity contribution in [2.24, 2.45) is 4.99 Å². The summed E-state index contributed by atoms with van der Waals surface area (Å²) in [6, 6.07) is 6.51. The number of aromatic nitrogens is 2. The first-order valence-corrected chi connectivity index (χ1v) is 9.92. The number of nitrogens with one attached hydrogen (secondary N) is 2. The van der Waals surface area contributed by atoms with Gasteiger partial charge in [-0.05, 0) is 31.2 Å². The predicted molar refractivity (Wildman–Crippen MR) is 116 cm³/mol. The van der Waals surface area contributed by atoms with Crippen LogP contribution in [0.25, 0.3) is 11.3 Å². The Bertz CT molecular complexity index is 1030. The first kappa shape index (κ1) is 22.3. The Labute approximate surface area is 184 Å². The molecule has 2 N–H and O–H groups in total. The third kappa shape index (κ3) is 5.02. The molecule has 0 radical (unpaired) electrons. The summed E-state index contributed by atoms with van der Waals surface area (Å²) in [5.41, 5.74) is 1.90. The van der Waals surface area contributed by atoms with E-state index in [1.807, 2.05) is 6.92 Å². The molecule has 2 heterocycles. The molecule has 1 aliphatic heterocycles. The average Bonchev–Trinajstić information content (AvgIpc) is 3.20. The molecule has 1 aliphatic rings. The number of hydrogen-bond donors (Lipinski definition) is 2. The Morgan fingerprint density at radius 3 is 2.87 bits per heavy atom. The maximum atomic E-state index is 13.0. The van der Waals surface area contributed by atoms with Crippen LogP contribution in [-0.4, -0.2) is 66.2 Å². The third-order valence-corrected chi connectivity index (χ3v) is 4.99. The molecule has 3 rings (SSSR count). The van der Waals surface area contributed by atoms with Gasteiger partial charge in [-0.25, -0.2) is 4.79 Å². The quantitative estimate of drug-likeness (QED) is 0.661. The standard InChI is InChI=1S/C20H23ClN6O4/c1-12-10-26(11-23-18(28)6-7-22-2)19(29)17-9-16(25-27(12)17)14-5-4-13(21)8-15(14)24-20(30)31-3/h4-5,7-9,12H,6,10-11H2,1-3H3,(H,23,28)(H,24,30)/t12-/m0/s1. The van der Waals surface area contributed by atoms with Crippen molar-refractivity contribution in [3.05, 3.63) is 35.0 Å². The molecule has 1 aromatic heterocycles. The second kappa shape index (κ2) is 9.61. The van der Waals surface area contributed by atoms with Crippen molar-refractivity contribution < 1.29 is 19.1 Å². The molecular formula is C20H23ClN6O4. The second-order valence-corrected chi connectivity index (χ2v) is 7.38. The van der Waals surface area contributed by atoms with Crippen molar-refractivity contribution in [2.75, 3.05) is 32.7 Å². The lowest BCUT2D eigenvalue weighted by Gasteiger charge is -2.31. The molecule has 0 spiro atoms. The topological polar surface area (TPSA) is 118 Å². The number of nitrogens with zero attached hydrogens (tertiary/aromatic N) is 4. The lowest BCUT2D eigenvalue weighted by Crippen LogP contribution is -2.47. The summed E-state index contributed by atoms with van der Waals surface area (Å²) in [6.45, 7) is 2.42. The first-order valence-electron chi connectivity index (χ1n) is 9.55. The van der Waals surface area contributed by atoms with E-state index in [1.54, 1.807) is 40.9 Å². The van der Waals surface area contributed by atoms with E-state index < -0.39 is 6.09 Å². The lowest BCUT2D eigenvalue weighted by atomic mass is 10.1. The van der Waals surface area contributed by atoms with Crippen LogP contribution in [0.15, 0.2) is 29.3 Å². The molecule has 0 saturated heterocycles. The van der Waals surface area contributed by atoms with Gasteiger partial charge in [0.05, 0.1) is 37.6 Å². The fraction of sp³-hybridized carbons (Fsp3) is 0.350. The highest BCUT2D eigenvalue weighted by Crippen LogP contribution is 2.32. The Hall–Kier alpha value is -3.40. The fourth-order valence-electron chi connectivity index (χ4n) is 3.23. The van der Waals surface area contributed by atoms with Crippen LogP contribution in [0.2, 0.25) is 5.02 Å². The molecule has 3 amide bonds. The van der Waals surface area contributed by atoms with Crippen LogP contribution in [0.5, 0.6) is 0 Å². The van der Waals surface area contributed by atoms with Crippen LogP contribution < -0.4 is 10.6 Å². The Morgan fingerprint density at radius 1 is 1.39 bits per heavy atom. The van der Waals surface area contributed by atoms with E-state index in [-0.39, 0.29) is 30.9 Å². The number of hydrogen-bond acceptors (Lipinski definition) is 6. The van der Waals surface area contributed by atoms with Crippen molar-refractivity contribution >= 4 is 41.4 Å². The number of rotatable bonds is 6. The predicted octanol–water partition coefficient (Wildman–Crippen LogP) is 2.56. The van der Waals surface area contributed by atoms with Crippen molar-refractivity contribution in [2.45, 2.75) is 19.4 Å². The summed E-state index contributed by atoms with van der Waals surface area (Å²) in [5, 5.41) is 10.3. The van der Waals surface area contributed by atoms with Crippen LogP contribution in [0.3, 0.4) is 0 Å². The monoisotopic (exact) mass is 446 g/mol. The Kier molecular flexibility index (Phi) is 6.91. The van der Waals surface area contributed by atoms with E-state index in [1.165, 1.54) is 13.3 Å². The van der Waals surface area contributed by atoms with E-state index in [4.69, 9.17) is 11.6 Å². The molecular weight excluding hydrogens is 424 g/mol. The van der Waals surface area contributed by atoms with Gasteiger partial charge in [0.15, 0.2) is 0 Å². The second-order valence-electron chi connectivity index (χ2n) is 6.95. The van der Waals surface area contributed by atoms with E-state index >= 15 is 0 Å². The average molecular weight is 447 g/mol. The largest absolute Gasteiger partial charge is 0.453 e. The highest BCUT2D eigenvalue weighted by molar-refractivity contribution is 6.31. The minimum absolute atomic E-state index is 0.0934. The van der Waals surface area contributed by atoms with Gasteiger partial charge in [0.25, 0.3) is 5.91 Å². The van der Waals surface area contributed by atoms with Crippen molar-refractivity contribution in [1.82, 2.24) is 20.0 Å². The number of benzene rings is 1. The minimum atomic E-state index is -0.646. The number of fused-ring (bicyclic) bond motifs is 1. The van der Waals surface area contributed by atoms with Crippen LogP contribution in [0, 0.1) is 0 Å². The van der Waals surface area contributed by atoms with E-state index in [2.05, 4.69) is 25.5 Å². The van der Waals surface area contributed by atoms with Crippen LogP contribution in [0.4, 0.5) is 10.5 Å². The number of carbonyl (C=O) groups excluding carboxylic acids is 3. The molecule has 31 heavy (non-hydrogen) atoms. The lowest BCUT2D eigenvalue weighted by molar-refractivity contribution is -0.120. The van der Waals surface area contributed by atoms with Gasteiger partial charge >= 0.3 is 6.09 Å². The Balaban J connectivity index is 1.85. The summed E-state index contributed by atoms with van der Waals surface area (Å²) < 4.78 is 6.31. The summed E-state index contributed by atoms with van der Waals surface area (Å²) in [5.74, 6) is -0.469. The summed E-state index contributed by atoms with van der Waals surface area (Å²) in [6.07, 6.45) is 1.01. The van der Waals surface area contributed by atoms with Crippen LogP contribution >= 0.6 is 11.6 Å². The van der Waals surface area contributed by atoms with Gasteiger partial charge in [0.1, 0.15) is 5.69 Å². The molecule has 0 bridgehead atoms. The minimum Gasteiger partial charge on any atom is -0.453 e. The highest BCUT2D eigenvalue weighted by atomic mass is 35.5. The SMILES string of the molecule is CN=CCC(=O)NCN1C[C@H](C)n2nc(-c3ccc(Cl)cc3NC(=O)OC)cc2C1=O. The number of methoxy groups -OCH3 is 1. The summed E-state index contributed by atoms with van der Waals surface area (Å²) in [7, 11) is 2.85. The van der Waals surface area contributed by atoms with Gasteiger partial charge in [0, 0.05) is 30.4 Å². The molecule has 1 aromatic carbocycles. The van der Waals surface area contributed by atoms with Gasteiger partial charge in [-0.3, -0.25) is 19.6 Å². The zero-order valence-corrected chi connectivity index (χ0v) is 18.1. The first-order chi connectivity index (χ1) is 14.8. The summed E-state index contributed by atoms with van der Waals surface area (Å²) in [4.78, 5) is 41.8. The molecule has 2 aromatic rings. The number of halogens is 1. The normalized spacial score (nSPS) is 15.7. The van der Waals surface area contributed by atoms with Gasteiger partial charge < -0.3 is 19.9 Å². The van der Waals surface area contributed by atoms with Crippen molar-refractivity contribution in [1.29, 1.82) is 0 Å². The number of amides is 3. The maximum Gasteiger partial charge on any atom is 0.411 e. The molecule has 10 nitrogen and oxygen atoms in total. The smallest absolute Gasteiger partial charge is 0.411 e. The van der Waals surface area contributed by atoms with Crippen LogP contribution in [0.1, 0.15) is 29.9 Å². The van der Waals surface area contributed by atoms with Crippen LogP contribution in [-0.2, 0) is 9.53 Å². The van der Waals surface area contributed by atoms with Gasteiger partial charge in [0.2, 0.25) is 5.91 Å². The number of carbonyl (C=O) groups is 3. The van der Waals surface area contributed by atoms with Crippen molar-refractivity contribution in [3.63, 3.8) is 0 Å². The van der Waals surface area contributed by atoms with Gasteiger partial charge in [-0.15, -0.1) is 0 Å². The molecule has 11 heteroatoms. The third-order valence-electron chi connectivity index (χ3n) is 4.75. The molecule has 164 valence electrons. The highest BCUT2D eigenvalue weighted by Gasteiger charge is 2.31. The van der Waals surface area contributed by atoms with E-state index in [9.17, 15) is 14.4 Å². The van der Waals surface area contributed by atoms with E-state index in [0.29, 0.717) is 34.2 Å². The maximum absolute atomic E-state index is 13.0. The zero-order chi connectivity index (χ0) is 22.5. The molecule has 0 aliphatic carbocycles. The Morgan fingerprint density at radius 2 is 2.16 bits per heavy atom. The van der Waals surface area contributed by atoms with Crippen molar-refractivity contribution in [3.8, 4) is 11.3 Å². The fourth-order valence-corrected chi connectivity index (χ4v) is 3.41. The van der Waals surface area contributed by atoms with Gasteiger partial charge in [-0.1, -0.05) is 11.6 Å². The molecule has 0 fully saturated rings. The van der Waals surface area contributed by atoms with E-state index in [0.717, 1.165) is 0 Å². The number of anilines is 1. The summed E-state index contributed by atoms with van der Waals surface area (Å²) >= 11 is 6.07. The molecule has 0 unspecified atom stereocenters. The molecule has 0 saturated carbocycles. The number of ether oxygens (including phenoxy) is 1. The molecule has 1 atom stereocenters.